The molecule has 0 bridgehead atoms. The second kappa shape index (κ2) is 5.64. The Hall–Kier alpha value is -0.613. The topological polar surface area (TPSA) is 46.5 Å². The summed E-state index contributed by atoms with van der Waals surface area (Å²) in [5.41, 5.74) is 0.388. The van der Waals surface area contributed by atoms with E-state index in [0.29, 0.717) is 18.6 Å². The second-order valence-electron chi connectivity index (χ2n) is 5.59. The molecule has 16 heavy (non-hydrogen) atoms. The van der Waals surface area contributed by atoms with Crippen molar-refractivity contribution in [3.05, 3.63) is 11.6 Å². The molecule has 0 atom stereocenters. The molecule has 0 spiro atoms. The quantitative estimate of drug-likeness (QED) is 0.458. The van der Waals surface area contributed by atoms with E-state index in [1.165, 1.54) is 0 Å². The number of rotatable bonds is 5. The number of carboxylic acids is 1. The number of hydrogen-bond donors (Lipinski definition) is 1. The molecule has 4 heteroatoms. The summed E-state index contributed by atoms with van der Waals surface area (Å²) in [5, 5.41) is 8.88. The molecular weight excluding hydrogens is 220 g/mol. The zero-order valence-electron chi connectivity index (χ0n) is 11.3. The second-order valence-corrected chi connectivity index (χ2v) is 10.4. The lowest BCUT2D eigenvalue weighted by Crippen LogP contribution is -2.40. The van der Waals surface area contributed by atoms with Crippen molar-refractivity contribution >= 4 is 14.3 Å². The van der Waals surface area contributed by atoms with Gasteiger partial charge in [0.25, 0.3) is 0 Å². The maximum absolute atomic E-state index is 10.5. The third kappa shape index (κ3) is 4.94. The van der Waals surface area contributed by atoms with Crippen LogP contribution in [0.25, 0.3) is 0 Å². The number of hydrogen-bond acceptors (Lipinski definition) is 2. The van der Waals surface area contributed by atoms with Gasteiger partial charge in [0.2, 0.25) is 0 Å². The van der Waals surface area contributed by atoms with E-state index in [1.54, 1.807) is 13.0 Å². The number of carbonyl (C=O) groups is 1. The maximum atomic E-state index is 10.5. The van der Waals surface area contributed by atoms with E-state index >= 15 is 0 Å². The lowest BCUT2D eigenvalue weighted by molar-refractivity contribution is -0.132. The maximum Gasteiger partial charge on any atom is 0.330 e. The summed E-state index contributed by atoms with van der Waals surface area (Å²) in [4.78, 5) is 10.5. The van der Waals surface area contributed by atoms with Crippen LogP contribution in [0, 0.1) is 0 Å². The summed E-state index contributed by atoms with van der Waals surface area (Å²) in [7, 11) is -1.68. The highest BCUT2D eigenvalue weighted by molar-refractivity contribution is 6.74. The Labute approximate surface area is 99.6 Å². The van der Waals surface area contributed by atoms with Gasteiger partial charge in [0, 0.05) is 12.2 Å². The molecule has 0 saturated carbocycles. The van der Waals surface area contributed by atoms with Crippen LogP contribution in [0.15, 0.2) is 11.6 Å². The predicted molar refractivity (Wildman–Crippen MR) is 69.2 cm³/mol. The first-order valence-electron chi connectivity index (χ1n) is 5.62. The van der Waals surface area contributed by atoms with Gasteiger partial charge in [-0.25, -0.2) is 4.79 Å². The molecule has 3 nitrogen and oxygen atoms in total. The smallest absolute Gasteiger partial charge is 0.330 e. The Bertz CT molecular complexity index is 274. The van der Waals surface area contributed by atoms with E-state index in [-0.39, 0.29) is 5.04 Å². The van der Waals surface area contributed by atoms with Crippen molar-refractivity contribution < 1.29 is 14.3 Å². The molecule has 0 aromatic rings. The summed E-state index contributed by atoms with van der Waals surface area (Å²) in [6.07, 6.45) is 2.39. The van der Waals surface area contributed by atoms with E-state index in [1.807, 2.05) is 0 Å². The molecule has 0 radical (unpaired) electrons. The Balaban J connectivity index is 4.10. The lowest BCUT2D eigenvalue weighted by atomic mass is 10.2. The van der Waals surface area contributed by atoms with E-state index in [2.05, 4.69) is 33.9 Å². The molecule has 0 aromatic carbocycles. The normalized spacial score (nSPS) is 14.0. The number of aliphatic carboxylic acids is 1. The molecule has 0 amide bonds. The molecule has 0 rings (SSSR count). The third-order valence-electron chi connectivity index (χ3n) is 3.17. The zero-order valence-corrected chi connectivity index (χ0v) is 12.3. The molecule has 0 aliphatic carbocycles. The van der Waals surface area contributed by atoms with Gasteiger partial charge in [-0.3, -0.25) is 0 Å². The first-order valence-corrected chi connectivity index (χ1v) is 8.53. The number of carboxylic acid groups (broad SMARTS) is 1. The summed E-state index contributed by atoms with van der Waals surface area (Å²) in [5.74, 6) is -0.854. The van der Waals surface area contributed by atoms with E-state index < -0.39 is 14.3 Å². The fourth-order valence-electron chi connectivity index (χ4n) is 0.893. The van der Waals surface area contributed by atoms with E-state index in [9.17, 15) is 4.79 Å². The minimum Gasteiger partial charge on any atom is -0.478 e. The summed E-state index contributed by atoms with van der Waals surface area (Å²) < 4.78 is 5.93. The van der Waals surface area contributed by atoms with Gasteiger partial charge in [-0.1, -0.05) is 26.8 Å². The first kappa shape index (κ1) is 15.4. The van der Waals surface area contributed by atoms with Gasteiger partial charge in [-0.2, -0.15) is 0 Å². The van der Waals surface area contributed by atoms with E-state index in [4.69, 9.17) is 9.53 Å². The molecule has 94 valence electrons. The molecule has 0 aliphatic heterocycles. The van der Waals surface area contributed by atoms with Gasteiger partial charge >= 0.3 is 5.97 Å². The molecule has 0 saturated heterocycles. The standard InChI is InChI=1S/C12H24O3Si/c1-10(11(13)14)8-7-9-15-16(5,6)12(2,3)4/h8H,7,9H2,1-6H3,(H,13,14). The highest BCUT2D eigenvalue weighted by Gasteiger charge is 2.36. The van der Waals surface area contributed by atoms with Crippen LogP contribution in [-0.2, 0) is 9.22 Å². The highest BCUT2D eigenvalue weighted by atomic mass is 28.4. The molecule has 0 heterocycles. The Morgan fingerprint density at radius 1 is 1.38 bits per heavy atom. The SMILES string of the molecule is CC(=CCCO[Si](C)(C)C(C)(C)C)C(=O)O. The van der Waals surface area contributed by atoms with Crippen LogP contribution >= 0.6 is 0 Å². The van der Waals surface area contributed by atoms with Crippen LogP contribution in [0.1, 0.15) is 34.1 Å². The molecule has 0 fully saturated rings. The van der Waals surface area contributed by atoms with Crippen molar-refractivity contribution in [1.82, 2.24) is 0 Å². The van der Waals surface area contributed by atoms with Crippen LogP contribution < -0.4 is 0 Å². The van der Waals surface area contributed by atoms with Crippen molar-refractivity contribution in [2.24, 2.45) is 0 Å². The Kier molecular flexibility index (Phi) is 5.42. The van der Waals surface area contributed by atoms with Crippen LogP contribution in [0.5, 0.6) is 0 Å². The molecule has 0 aliphatic rings. The third-order valence-corrected chi connectivity index (χ3v) is 7.71. The monoisotopic (exact) mass is 244 g/mol. The highest BCUT2D eigenvalue weighted by Crippen LogP contribution is 2.36. The van der Waals surface area contributed by atoms with Crippen molar-refractivity contribution in [2.45, 2.75) is 52.2 Å². The Morgan fingerprint density at radius 3 is 2.25 bits per heavy atom. The van der Waals surface area contributed by atoms with Gasteiger partial charge < -0.3 is 9.53 Å². The summed E-state index contributed by atoms with van der Waals surface area (Å²) >= 11 is 0. The van der Waals surface area contributed by atoms with Gasteiger partial charge in [0.1, 0.15) is 0 Å². The van der Waals surface area contributed by atoms with Crippen molar-refractivity contribution in [1.29, 1.82) is 0 Å². The minimum absolute atomic E-state index is 0.207. The van der Waals surface area contributed by atoms with Gasteiger partial charge in [-0.05, 0) is 31.5 Å². The first-order chi connectivity index (χ1) is 7.08. The van der Waals surface area contributed by atoms with Gasteiger partial charge in [0.15, 0.2) is 8.32 Å². The lowest BCUT2D eigenvalue weighted by Gasteiger charge is -2.36. The van der Waals surface area contributed by atoms with Gasteiger partial charge in [0.05, 0.1) is 0 Å². The fraction of sp³-hybridized carbons (Fsp3) is 0.750. The van der Waals surface area contributed by atoms with Crippen molar-refractivity contribution in [3.8, 4) is 0 Å². The molecule has 0 unspecified atom stereocenters. The van der Waals surface area contributed by atoms with Crippen LogP contribution in [0.3, 0.4) is 0 Å². The van der Waals surface area contributed by atoms with Crippen LogP contribution in [-0.4, -0.2) is 26.0 Å². The summed E-state index contributed by atoms with van der Waals surface area (Å²) in [6, 6.07) is 0. The predicted octanol–water partition coefficient (Wildman–Crippen LogP) is 3.43. The van der Waals surface area contributed by atoms with Crippen molar-refractivity contribution in [2.75, 3.05) is 6.61 Å². The molecular formula is C12H24O3Si. The molecule has 0 aromatic heterocycles. The Morgan fingerprint density at radius 2 is 1.88 bits per heavy atom. The van der Waals surface area contributed by atoms with Crippen molar-refractivity contribution in [3.63, 3.8) is 0 Å². The van der Waals surface area contributed by atoms with Crippen LogP contribution in [0.4, 0.5) is 0 Å². The largest absolute Gasteiger partial charge is 0.478 e. The minimum atomic E-state index is -1.68. The van der Waals surface area contributed by atoms with E-state index in [0.717, 1.165) is 0 Å². The zero-order chi connectivity index (χ0) is 13.0. The average molecular weight is 244 g/mol. The molecule has 1 N–H and O–H groups in total. The summed E-state index contributed by atoms with van der Waals surface area (Å²) in [6.45, 7) is 13.2. The average Bonchev–Trinajstić information content (AvgIpc) is 2.09. The van der Waals surface area contributed by atoms with Crippen LogP contribution in [0.2, 0.25) is 18.1 Å². The van der Waals surface area contributed by atoms with Gasteiger partial charge in [-0.15, -0.1) is 0 Å². The fourth-order valence-corrected chi connectivity index (χ4v) is 1.95.